The van der Waals surface area contributed by atoms with Gasteiger partial charge in [0.05, 0.1) is 13.1 Å². The van der Waals surface area contributed by atoms with Crippen molar-refractivity contribution in [1.82, 2.24) is 46.8 Å². The Hall–Kier alpha value is -3.78. The Bertz CT molecular complexity index is 799. The number of rotatable bonds is 9. The molecular formula is C15H23N9O6. The van der Waals surface area contributed by atoms with Crippen molar-refractivity contribution in [2.24, 2.45) is 5.92 Å². The lowest BCUT2D eigenvalue weighted by Gasteiger charge is -2.23. The molecule has 15 heteroatoms. The fourth-order valence-electron chi connectivity index (χ4n) is 2.73. The number of H-pyrrole nitrogens is 1. The highest BCUT2D eigenvalue weighted by atomic mass is 16.4. The van der Waals surface area contributed by atoms with Crippen molar-refractivity contribution in [2.45, 2.75) is 38.9 Å². The third-order valence-electron chi connectivity index (χ3n) is 4.55. The Morgan fingerprint density at radius 3 is 2.63 bits per heavy atom. The molecule has 1 aliphatic rings. The van der Waals surface area contributed by atoms with Crippen molar-refractivity contribution >= 4 is 29.8 Å². The molecule has 0 radical (unpaired) electrons. The zero-order valence-corrected chi connectivity index (χ0v) is 16.3. The van der Waals surface area contributed by atoms with E-state index >= 15 is 0 Å². The molecule has 164 valence electrons. The van der Waals surface area contributed by atoms with Crippen LogP contribution < -0.4 is 21.3 Å². The number of carbonyl (C=O) groups is 5. The van der Waals surface area contributed by atoms with E-state index in [1.807, 2.05) is 0 Å². The van der Waals surface area contributed by atoms with Gasteiger partial charge < -0.3 is 26.4 Å². The Kier molecular flexibility index (Phi) is 7.60. The molecule has 1 aliphatic heterocycles. The molecule has 0 saturated carbocycles. The van der Waals surface area contributed by atoms with E-state index < -0.39 is 48.5 Å². The maximum Gasteiger partial charge on any atom is 0.405 e. The number of aromatic nitrogens is 4. The SMILES string of the molecule is CC[C@H](C)[C@H](NC(=O)O)C(=O)NCC(=O)N1C(=O)NCC1C(=O)NCc1nn[nH]n1. The van der Waals surface area contributed by atoms with E-state index in [9.17, 15) is 24.0 Å². The molecule has 0 spiro atoms. The maximum absolute atomic E-state index is 12.5. The third-order valence-corrected chi connectivity index (χ3v) is 4.55. The molecule has 1 saturated heterocycles. The lowest BCUT2D eigenvalue weighted by Crippen LogP contribution is -2.54. The predicted molar refractivity (Wildman–Crippen MR) is 97.5 cm³/mol. The van der Waals surface area contributed by atoms with Crippen LogP contribution in [0.3, 0.4) is 0 Å². The smallest absolute Gasteiger partial charge is 0.405 e. The van der Waals surface area contributed by atoms with E-state index in [0.29, 0.717) is 11.3 Å². The van der Waals surface area contributed by atoms with Crippen LogP contribution in [0.5, 0.6) is 0 Å². The summed E-state index contributed by atoms with van der Waals surface area (Å²) in [7, 11) is 0. The summed E-state index contributed by atoms with van der Waals surface area (Å²) in [5, 5.41) is 31.1. The number of hydrogen-bond donors (Lipinski definition) is 6. The number of aromatic amines is 1. The zero-order valence-electron chi connectivity index (χ0n) is 16.3. The van der Waals surface area contributed by atoms with E-state index in [4.69, 9.17) is 5.11 Å². The molecule has 0 bridgehead atoms. The van der Waals surface area contributed by atoms with Crippen molar-refractivity contribution in [3.05, 3.63) is 5.82 Å². The van der Waals surface area contributed by atoms with Crippen LogP contribution in [-0.4, -0.2) is 85.6 Å². The second-order valence-electron chi connectivity index (χ2n) is 6.54. The number of tetrazole rings is 1. The van der Waals surface area contributed by atoms with Crippen LogP contribution in [0.15, 0.2) is 0 Å². The van der Waals surface area contributed by atoms with Crippen LogP contribution in [0, 0.1) is 5.92 Å². The maximum atomic E-state index is 12.5. The van der Waals surface area contributed by atoms with Gasteiger partial charge in [-0.25, -0.2) is 14.5 Å². The molecule has 0 aliphatic carbocycles. The quantitative estimate of drug-likeness (QED) is 0.247. The summed E-state index contributed by atoms with van der Waals surface area (Å²) in [6.07, 6.45) is -0.859. The van der Waals surface area contributed by atoms with Crippen LogP contribution in [0.4, 0.5) is 9.59 Å². The number of urea groups is 1. The van der Waals surface area contributed by atoms with E-state index in [0.717, 1.165) is 0 Å². The molecule has 6 amide bonds. The number of hydrogen-bond acceptors (Lipinski definition) is 8. The van der Waals surface area contributed by atoms with Gasteiger partial charge in [0, 0.05) is 6.54 Å². The van der Waals surface area contributed by atoms with Crippen molar-refractivity contribution in [1.29, 1.82) is 0 Å². The summed E-state index contributed by atoms with van der Waals surface area (Å²) in [5.41, 5.74) is 0. The number of nitrogens with zero attached hydrogens (tertiary/aromatic N) is 4. The van der Waals surface area contributed by atoms with E-state index in [-0.39, 0.29) is 24.8 Å². The number of carbonyl (C=O) groups excluding carboxylic acids is 4. The predicted octanol–water partition coefficient (Wildman–Crippen LogP) is -2.47. The van der Waals surface area contributed by atoms with Gasteiger partial charge in [0.15, 0.2) is 5.82 Å². The Labute approximate surface area is 170 Å². The third kappa shape index (κ3) is 5.62. The van der Waals surface area contributed by atoms with E-state index in [1.165, 1.54) is 0 Å². The summed E-state index contributed by atoms with van der Waals surface area (Å²) in [4.78, 5) is 60.8. The van der Waals surface area contributed by atoms with Gasteiger partial charge in [-0.15, -0.1) is 10.2 Å². The van der Waals surface area contributed by atoms with Gasteiger partial charge >= 0.3 is 12.1 Å². The largest absolute Gasteiger partial charge is 0.465 e. The summed E-state index contributed by atoms with van der Waals surface area (Å²) in [6, 6.07) is -2.98. The van der Waals surface area contributed by atoms with Gasteiger partial charge in [0.25, 0.3) is 5.91 Å². The van der Waals surface area contributed by atoms with Gasteiger partial charge in [0.1, 0.15) is 12.1 Å². The molecule has 6 N–H and O–H groups in total. The van der Waals surface area contributed by atoms with Gasteiger partial charge in [-0.3, -0.25) is 14.4 Å². The van der Waals surface area contributed by atoms with Crippen molar-refractivity contribution < 1.29 is 29.1 Å². The summed E-state index contributed by atoms with van der Waals surface area (Å²) >= 11 is 0. The van der Waals surface area contributed by atoms with Crippen LogP contribution >= 0.6 is 0 Å². The molecule has 1 fully saturated rings. The van der Waals surface area contributed by atoms with E-state index in [1.54, 1.807) is 13.8 Å². The first-order valence-corrected chi connectivity index (χ1v) is 9.11. The highest BCUT2D eigenvalue weighted by Crippen LogP contribution is 2.10. The number of nitrogens with one attached hydrogen (secondary N) is 5. The van der Waals surface area contributed by atoms with Crippen molar-refractivity contribution in [2.75, 3.05) is 13.1 Å². The summed E-state index contributed by atoms with van der Waals surface area (Å²) in [6.45, 7) is 2.71. The first-order chi connectivity index (χ1) is 14.2. The standard InChI is InChI=1S/C15H23N9O6/c1-3-7(2)11(19-15(29)30)13(27)17-6-10(25)24-8(4-18-14(24)28)12(26)16-5-9-20-22-23-21-9/h7-8,11,19H,3-6H2,1-2H3,(H,16,26)(H,17,27)(H,18,28)(H,29,30)(H,20,21,22,23)/t7-,8?,11-/m0/s1. The highest BCUT2D eigenvalue weighted by Gasteiger charge is 2.40. The zero-order chi connectivity index (χ0) is 22.3. The minimum Gasteiger partial charge on any atom is -0.465 e. The first kappa shape index (κ1) is 22.5. The fourth-order valence-corrected chi connectivity index (χ4v) is 2.73. The van der Waals surface area contributed by atoms with Crippen LogP contribution in [0.1, 0.15) is 26.1 Å². The molecule has 30 heavy (non-hydrogen) atoms. The van der Waals surface area contributed by atoms with Crippen LogP contribution in [0.25, 0.3) is 0 Å². The van der Waals surface area contributed by atoms with Gasteiger partial charge in [-0.1, -0.05) is 25.5 Å². The van der Waals surface area contributed by atoms with Crippen LogP contribution in [0.2, 0.25) is 0 Å². The average Bonchev–Trinajstić information content (AvgIpc) is 3.37. The molecule has 2 rings (SSSR count). The van der Waals surface area contributed by atoms with Crippen LogP contribution in [-0.2, 0) is 20.9 Å². The molecule has 3 atom stereocenters. The molecule has 1 unspecified atom stereocenters. The number of imide groups is 1. The normalized spacial score (nSPS) is 17.6. The Morgan fingerprint density at radius 2 is 2.03 bits per heavy atom. The van der Waals surface area contributed by atoms with Gasteiger partial charge in [-0.2, -0.15) is 5.21 Å². The van der Waals surface area contributed by atoms with Crippen molar-refractivity contribution in [3.63, 3.8) is 0 Å². The molecule has 1 aromatic heterocycles. The minimum atomic E-state index is -1.38. The molecule has 0 aromatic carbocycles. The molecular weight excluding hydrogens is 402 g/mol. The monoisotopic (exact) mass is 425 g/mol. The lowest BCUT2D eigenvalue weighted by atomic mass is 9.98. The first-order valence-electron chi connectivity index (χ1n) is 9.11. The van der Waals surface area contributed by atoms with Gasteiger partial charge in [0.2, 0.25) is 11.8 Å². The second-order valence-corrected chi connectivity index (χ2v) is 6.54. The molecule has 1 aromatic rings. The fraction of sp³-hybridized carbons (Fsp3) is 0.600. The summed E-state index contributed by atoms with van der Waals surface area (Å²) in [5.74, 6) is -2.26. The summed E-state index contributed by atoms with van der Waals surface area (Å²) < 4.78 is 0. The lowest BCUT2D eigenvalue weighted by molar-refractivity contribution is -0.136. The Morgan fingerprint density at radius 1 is 1.30 bits per heavy atom. The topological polar surface area (TPSA) is 211 Å². The Balaban J connectivity index is 1.95. The minimum absolute atomic E-state index is 0.0593. The molecule has 2 heterocycles. The van der Waals surface area contributed by atoms with Gasteiger partial charge in [-0.05, 0) is 5.92 Å². The number of amides is 6. The molecule has 15 nitrogen and oxygen atoms in total. The van der Waals surface area contributed by atoms with E-state index in [2.05, 4.69) is 41.9 Å². The number of carboxylic acid groups (broad SMARTS) is 1. The average molecular weight is 425 g/mol. The highest BCUT2D eigenvalue weighted by molar-refractivity contribution is 6.03. The second kappa shape index (κ2) is 10.1. The van der Waals surface area contributed by atoms with Crippen molar-refractivity contribution in [3.8, 4) is 0 Å².